The first-order valence-corrected chi connectivity index (χ1v) is 12.6. The molecule has 182 valence electrons. The van der Waals surface area contributed by atoms with E-state index in [1.807, 2.05) is 14.2 Å². The molecule has 0 aromatic heterocycles. The topological polar surface area (TPSA) is 80.6 Å². The summed E-state index contributed by atoms with van der Waals surface area (Å²) in [4.78, 5) is 2.57. The summed E-state index contributed by atoms with van der Waals surface area (Å²) < 4.78 is 24.9. The molecule has 6 fully saturated rings. The highest BCUT2D eigenvalue weighted by Gasteiger charge is 2.86. The van der Waals surface area contributed by atoms with Crippen molar-refractivity contribution in [3.05, 3.63) is 0 Å². The number of rotatable bonds is 6. The third-order valence-electron chi connectivity index (χ3n) is 11.5. The molecule has 0 amide bonds. The van der Waals surface area contributed by atoms with Gasteiger partial charge in [-0.2, -0.15) is 0 Å². The van der Waals surface area contributed by atoms with Crippen molar-refractivity contribution in [2.75, 3.05) is 48.1 Å². The van der Waals surface area contributed by atoms with Gasteiger partial charge in [0.2, 0.25) is 0 Å². The van der Waals surface area contributed by atoms with Crippen molar-refractivity contribution in [2.45, 2.75) is 68.7 Å². The molecular formula is C25H41NO6. The van der Waals surface area contributed by atoms with Crippen LogP contribution in [0.4, 0.5) is 0 Å². The standard InChI is InChI=1S/C25H41NO6/c1-6-26-11-23(12-27)8-7-16(30-3)25-14-9-13-15(29-2)10-24(28,17(14)19(13)31-4)18(22(25)26)20(32-5)21(23)25/h13-22,27-28H,6-12H2,1-5H3/t13-,14-,15+,16+,17-,18+,19+,20-,21-,22?,23+,24-,25+/m1/s1. The number of hydrogen-bond acceptors (Lipinski definition) is 7. The number of piperidine rings is 1. The van der Waals surface area contributed by atoms with Crippen LogP contribution in [0.5, 0.6) is 0 Å². The van der Waals surface area contributed by atoms with E-state index in [4.69, 9.17) is 18.9 Å². The highest BCUT2D eigenvalue weighted by molar-refractivity contribution is 5.35. The fourth-order valence-corrected chi connectivity index (χ4v) is 11.0. The van der Waals surface area contributed by atoms with E-state index in [2.05, 4.69) is 11.8 Å². The number of ether oxygens (including phenoxy) is 4. The smallest absolute Gasteiger partial charge is 0.0796 e. The number of nitrogens with zero attached hydrogens (tertiary/aromatic N) is 1. The van der Waals surface area contributed by atoms with Gasteiger partial charge in [0, 0.05) is 81.9 Å². The normalized spacial score (nSPS) is 60.1. The Labute approximate surface area is 191 Å². The lowest BCUT2D eigenvalue weighted by molar-refractivity contribution is -0.277. The van der Waals surface area contributed by atoms with Gasteiger partial charge in [0.25, 0.3) is 0 Å². The highest BCUT2D eigenvalue weighted by Crippen LogP contribution is 2.79. The lowest BCUT2D eigenvalue weighted by Gasteiger charge is -2.69. The SMILES string of the molecule is CCN1C[C@]2(CO)CC[C@H](OC)[C@]34C1[C@H]([C@@H](OC)[C@H]23)[C@@]1(O)C[C@H](OC)[C@H]2C[C@@H]4[C@@H]1[C@H]2OC. The Hall–Kier alpha value is -0.280. The summed E-state index contributed by atoms with van der Waals surface area (Å²) in [5.74, 6) is 0.737. The predicted octanol–water partition coefficient (Wildman–Crippen LogP) is 1.16. The number of likely N-dealkylation sites (tertiary alicyclic amines) is 1. The van der Waals surface area contributed by atoms with Gasteiger partial charge in [0.1, 0.15) is 0 Å². The van der Waals surface area contributed by atoms with E-state index < -0.39 is 5.60 Å². The minimum Gasteiger partial charge on any atom is -0.396 e. The largest absolute Gasteiger partial charge is 0.396 e. The average Bonchev–Trinajstić information content (AvgIpc) is 3.26. The molecule has 7 nitrogen and oxygen atoms in total. The summed E-state index contributed by atoms with van der Waals surface area (Å²) in [6, 6.07) is 0.186. The molecule has 0 radical (unpaired) electrons. The van der Waals surface area contributed by atoms with Crippen LogP contribution < -0.4 is 0 Å². The van der Waals surface area contributed by atoms with Gasteiger partial charge in [0.05, 0.1) is 36.6 Å². The summed E-state index contributed by atoms with van der Waals surface area (Å²) >= 11 is 0. The number of methoxy groups -OCH3 is 4. The van der Waals surface area contributed by atoms with Crippen LogP contribution in [0.2, 0.25) is 0 Å². The summed E-state index contributed by atoms with van der Waals surface area (Å²) in [7, 11) is 7.24. The lowest BCUT2D eigenvalue weighted by atomic mass is 9.43. The number of fused-ring (bicyclic) bond motifs is 2. The molecule has 1 heterocycles. The second-order valence-electron chi connectivity index (χ2n) is 11.7. The third kappa shape index (κ3) is 2.15. The minimum absolute atomic E-state index is 0.0124. The van der Waals surface area contributed by atoms with Gasteiger partial charge in [0.15, 0.2) is 0 Å². The number of hydrogen-bond donors (Lipinski definition) is 2. The quantitative estimate of drug-likeness (QED) is 0.627. The summed E-state index contributed by atoms with van der Waals surface area (Å²) in [6.07, 6.45) is 3.49. The third-order valence-corrected chi connectivity index (χ3v) is 11.5. The van der Waals surface area contributed by atoms with Crippen LogP contribution in [0.25, 0.3) is 0 Å². The lowest BCUT2D eigenvalue weighted by Crippen LogP contribution is -2.76. The van der Waals surface area contributed by atoms with Gasteiger partial charge in [-0.3, -0.25) is 4.90 Å². The Morgan fingerprint density at radius 3 is 2.34 bits per heavy atom. The van der Waals surface area contributed by atoms with Crippen LogP contribution in [-0.4, -0.2) is 99.3 Å². The average molecular weight is 452 g/mol. The van der Waals surface area contributed by atoms with E-state index in [0.717, 1.165) is 32.4 Å². The molecule has 0 aromatic carbocycles. The molecule has 2 N–H and O–H groups in total. The Bertz CT molecular complexity index is 767. The van der Waals surface area contributed by atoms with Crippen LogP contribution in [0, 0.1) is 40.4 Å². The summed E-state index contributed by atoms with van der Waals surface area (Å²) in [5, 5.41) is 23.6. The summed E-state index contributed by atoms with van der Waals surface area (Å²) in [6.45, 7) is 4.17. The fourth-order valence-electron chi connectivity index (χ4n) is 11.0. The molecule has 7 bridgehead atoms. The molecular weight excluding hydrogens is 410 g/mol. The minimum atomic E-state index is -0.912. The Morgan fingerprint density at radius 1 is 1.00 bits per heavy atom. The molecule has 1 aliphatic heterocycles. The second kappa shape index (κ2) is 7.12. The van der Waals surface area contributed by atoms with Crippen molar-refractivity contribution in [3.63, 3.8) is 0 Å². The van der Waals surface area contributed by atoms with Crippen molar-refractivity contribution in [3.8, 4) is 0 Å². The Morgan fingerprint density at radius 2 is 1.75 bits per heavy atom. The highest BCUT2D eigenvalue weighted by atomic mass is 16.5. The zero-order chi connectivity index (χ0) is 22.6. The first-order chi connectivity index (χ1) is 15.4. The monoisotopic (exact) mass is 451 g/mol. The molecule has 1 spiro atoms. The molecule has 6 rings (SSSR count). The van der Waals surface area contributed by atoms with Gasteiger partial charge in [-0.25, -0.2) is 0 Å². The fraction of sp³-hybridized carbons (Fsp3) is 1.00. The Kier molecular flexibility index (Phi) is 4.94. The van der Waals surface area contributed by atoms with Gasteiger partial charge >= 0.3 is 0 Å². The first kappa shape index (κ1) is 22.2. The van der Waals surface area contributed by atoms with Gasteiger partial charge in [-0.15, -0.1) is 0 Å². The van der Waals surface area contributed by atoms with E-state index in [9.17, 15) is 10.2 Å². The molecule has 32 heavy (non-hydrogen) atoms. The molecule has 5 saturated carbocycles. The van der Waals surface area contributed by atoms with E-state index in [1.165, 1.54) is 0 Å². The van der Waals surface area contributed by atoms with E-state index >= 15 is 0 Å². The number of aliphatic hydroxyl groups excluding tert-OH is 1. The van der Waals surface area contributed by atoms with Crippen molar-refractivity contribution in [1.29, 1.82) is 0 Å². The molecule has 7 heteroatoms. The van der Waals surface area contributed by atoms with Crippen LogP contribution in [-0.2, 0) is 18.9 Å². The van der Waals surface area contributed by atoms with Gasteiger partial charge in [-0.1, -0.05) is 6.92 Å². The van der Waals surface area contributed by atoms with Crippen LogP contribution in [0.15, 0.2) is 0 Å². The van der Waals surface area contributed by atoms with Crippen LogP contribution in [0.1, 0.15) is 32.6 Å². The molecule has 1 unspecified atom stereocenters. The zero-order valence-electron chi connectivity index (χ0n) is 20.2. The maximum absolute atomic E-state index is 12.7. The maximum Gasteiger partial charge on any atom is 0.0796 e. The van der Waals surface area contributed by atoms with Crippen molar-refractivity contribution < 1.29 is 29.2 Å². The van der Waals surface area contributed by atoms with E-state index in [0.29, 0.717) is 6.42 Å². The maximum atomic E-state index is 12.7. The van der Waals surface area contributed by atoms with Gasteiger partial charge < -0.3 is 29.2 Å². The van der Waals surface area contributed by atoms with Crippen molar-refractivity contribution in [2.24, 2.45) is 40.4 Å². The Balaban J connectivity index is 1.64. The van der Waals surface area contributed by atoms with Crippen LogP contribution >= 0.6 is 0 Å². The summed E-state index contributed by atoms with van der Waals surface area (Å²) in [5.41, 5.74) is -1.28. The molecule has 0 aromatic rings. The van der Waals surface area contributed by atoms with Crippen molar-refractivity contribution >= 4 is 0 Å². The second-order valence-corrected chi connectivity index (χ2v) is 11.7. The zero-order valence-corrected chi connectivity index (χ0v) is 20.2. The van der Waals surface area contributed by atoms with Gasteiger partial charge in [-0.05, 0) is 31.7 Å². The number of aliphatic hydroxyl groups is 2. The molecule has 6 aliphatic rings. The predicted molar refractivity (Wildman–Crippen MR) is 117 cm³/mol. The van der Waals surface area contributed by atoms with E-state index in [1.54, 1.807) is 14.2 Å². The van der Waals surface area contributed by atoms with E-state index in [-0.39, 0.29) is 77.5 Å². The first-order valence-electron chi connectivity index (χ1n) is 12.6. The molecule has 13 atom stereocenters. The molecule has 1 saturated heterocycles. The van der Waals surface area contributed by atoms with Crippen molar-refractivity contribution in [1.82, 2.24) is 4.90 Å². The molecule has 5 aliphatic carbocycles. The van der Waals surface area contributed by atoms with Crippen LogP contribution in [0.3, 0.4) is 0 Å².